The number of hydrogen-bond acceptors (Lipinski definition) is 4. The van der Waals surface area contributed by atoms with E-state index in [0.717, 1.165) is 29.8 Å². The first-order valence-corrected chi connectivity index (χ1v) is 10.3. The van der Waals surface area contributed by atoms with Gasteiger partial charge in [0, 0.05) is 6.42 Å². The lowest BCUT2D eigenvalue weighted by atomic mass is 10.0. The molecule has 3 N–H and O–H groups in total. The highest BCUT2D eigenvalue weighted by Crippen LogP contribution is 2.30. The molecule has 34 heavy (non-hydrogen) atoms. The van der Waals surface area contributed by atoms with Crippen LogP contribution in [0.4, 0.5) is 13.2 Å². The van der Waals surface area contributed by atoms with Crippen LogP contribution in [0.15, 0.2) is 78.9 Å². The van der Waals surface area contributed by atoms with Gasteiger partial charge in [-0.1, -0.05) is 54.6 Å². The molecule has 1 amide bonds. The van der Waals surface area contributed by atoms with E-state index in [0.29, 0.717) is 17.9 Å². The minimum Gasteiger partial charge on any atom is -0.489 e. The van der Waals surface area contributed by atoms with Crippen molar-refractivity contribution in [2.75, 3.05) is 0 Å². The molecule has 178 valence electrons. The van der Waals surface area contributed by atoms with Crippen molar-refractivity contribution in [1.29, 1.82) is 0 Å². The van der Waals surface area contributed by atoms with Crippen molar-refractivity contribution >= 4 is 11.9 Å². The number of aliphatic hydroxyl groups excluding tert-OH is 1. The van der Waals surface area contributed by atoms with Gasteiger partial charge < -0.3 is 20.3 Å². The molecule has 0 aliphatic carbocycles. The molecular formula is C25H22F3NO5. The fourth-order valence-electron chi connectivity index (χ4n) is 3.15. The number of aliphatic hydroxyl groups is 1. The van der Waals surface area contributed by atoms with E-state index in [1.807, 2.05) is 30.3 Å². The third-order valence-corrected chi connectivity index (χ3v) is 5.03. The number of carbonyl (C=O) groups is 2. The van der Waals surface area contributed by atoms with Crippen LogP contribution >= 0.6 is 0 Å². The molecule has 0 spiro atoms. The number of carboxylic acids is 1. The Morgan fingerprint density at radius 3 is 2.06 bits per heavy atom. The fraction of sp³-hybridized carbons (Fsp3) is 0.200. The summed E-state index contributed by atoms with van der Waals surface area (Å²) < 4.78 is 43.7. The minimum absolute atomic E-state index is 0.0697. The maximum atomic E-state index is 12.7. The first-order chi connectivity index (χ1) is 16.1. The van der Waals surface area contributed by atoms with Crippen LogP contribution in [0.5, 0.6) is 5.75 Å². The average Bonchev–Trinajstić information content (AvgIpc) is 2.82. The Balaban J connectivity index is 1.59. The van der Waals surface area contributed by atoms with Crippen molar-refractivity contribution in [3.63, 3.8) is 0 Å². The van der Waals surface area contributed by atoms with Gasteiger partial charge in [-0.25, -0.2) is 4.79 Å². The van der Waals surface area contributed by atoms with E-state index >= 15 is 0 Å². The number of carbonyl (C=O) groups excluding carboxylic acids is 1. The second kappa shape index (κ2) is 10.8. The van der Waals surface area contributed by atoms with E-state index in [-0.39, 0.29) is 12.0 Å². The van der Waals surface area contributed by atoms with Gasteiger partial charge in [0.15, 0.2) is 6.10 Å². The molecule has 0 bridgehead atoms. The standard InChI is InChI=1S/C25H22F3NO5/c26-25(27,28)19-10-8-18(9-11-19)22(30)23(31)29-21(24(32)33)14-16-6-12-20(13-7-16)34-15-17-4-2-1-3-5-17/h1-13,21-22,30H,14-15H2,(H,29,31)(H,32,33)/t21-,22-/m0/s1. The van der Waals surface area contributed by atoms with Crippen LogP contribution < -0.4 is 10.1 Å². The Labute approximate surface area is 193 Å². The van der Waals surface area contributed by atoms with Crippen molar-refractivity contribution in [2.45, 2.75) is 31.3 Å². The predicted molar refractivity (Wildman–Crippen MR) is 117 cm³/mol. The molecule has 3 aromatic carbocycles. The number of carboxylic acid groups (broad SMARTS) is 1. The van der Waals surface area contributed by atoms with Gasteiger partial charge in [-0.15, -0.1) is 0 Å². The van der Waals surface area contributed by atoms with Gasteiger partial charge in [-0.05, 0) is 41.0 Å². The second-order valence-electron chi connectivity index (χ2n) is 7.54. The molecule has 3 rings (SSSR count). The van der Waals surface area contributed by atoms with Gasteiger partial charge >= 0.3 is 12.1 Å². The Bertz CT molecular complexity index is 1100. The fourth-order valence-corrected chi connectivity index (χ4v) is 3.15. The van der Waals surface area contributed by atoms with Gasteiger partial charge in [0.25, 0.3) is 5.91 Å². The van der Waals surface area contributed by atoms with Crippen molar-refractivity contribution in [3.8, 4) is 5.75 Å². The quantitative estimate of drug-likeness (QED) is 0.434. The van der Waals surface area contributed by atoms with Crippen LogP contribution in [0.1, 0.15) is 28.4 Å². The summed E-state index contributed by atoms with van der Waals surface area (Å²) in [6, 6.07) is 18.3. The van der Waals surface area contributed by atoms with Crippen LogP contribution in [-0.2, 0) is 28.8 Å². The highest BCUT2D eigenvalue weighted by atomic mass is 19.4. The van der Waals surface area contributed by atoms with Crippen LogP contribution in [0.3, 0.4) is 0 Å². The molecule has 0 aliphatic rings. The molecule has 9 heteroatoms. The number of nitrogens with one attached hydrogen (secondary N) is 1. The molecule has 0 saturated heterocycles. The van der Waals surface area contributed by atoms with Gasteiger partial charge in [0.05, 0.1) is 5.56 Å². The summed E-state index contributed by atoms with van der Waals surface area (Å²) in [6.45, 7) is 0.371. The zero-order valence-corrected chi connectivity index (χ0v) is 17.8. The van der Waals surface area contributed by atoms with E-state index in [9.17, 15) is 33.0 Å². The number of ether oxygens (including phenoxy) is 1. The van der Waals surface area contributed by atoms with E-state index in [1.54, 1.807) is 24.3 Å². The van der Waals surface area contributed by atoms with E-state index in [4.69, 9.17) is 4.74 Å². The first kappa shape index (κ1) is 24.8. The molecule has 0 saturated carbocycles. The average molecular weight is 473 g/mol. The lowest BCUT2D eigenvalue weighted by Gasteiger charge is -2.18. The van der Waals surface area contributed by atoms with Crippen molar-refractivity contribution in [2.24, 2.45) is 0 Å². The van der Waals surface area contributed by atoms with Crippen LogP contribution in [0, 0.1) is 0 Å². The van der Waals surface area contributed by atoms with E-state index in [2.05, 4.69) is 5.32 Å². The third-order valence-electron chi connectivity index (χ3n) is 5.03. The highest BCUT2D eigenvalue weighted by molar-refractivity contribution is 5.87. The minimum atomic E-state index is -4.55. The number of alkyl halides is 3. The number of hydrogen-bond donors (Lipinski definition) is 3. The van der Waals surface area contributed by atoms with Gasteiger partial charge in [-0.2, -0.15) is 13.2 Å². The topological polar surface area (TPSA) is 95.9 Å². The normalized spacial score (nSPS) is 13.1. The van der Waals surface area contributed by atoms with Gasteiger partial charge in [-0.3, -0.25) is 4.79 Å². The molecule has 2 atom stereocenters. The van der Waals surface area contributed by atoms with Crippen molar-refractivity contribution in [3.05, 3.63) is 101 Å². The SMILES string of the molecule is O=C(O)[C@H](Cc1ccc(OCc2ccccc2)cc1)NC(=O)[C@@H](O)c1ccc(C(F)(F)F)cc1. The Morgan fingerprint density at radius 1 is 0.882 bits per heavy atom. The summed E-state index contributed by atoms with van der Waals surface area (Å²) in [6.07, 6.45) is -6.44. The second-order valence-corrected chi connectivity index (χ2v) is 7.54. The maximum absolute atomic E-state index is 12.7. The number of amides is 1. The molecule has 0 aliphatic heterocycles. The van der Waals surface area contributed by atoms with Crippen LogP contribution in [0.25, 0.3) is 0 Å². The number of halogens is 3. The van der Waals surface area contributed by atoms with Gasteiger partial charge in [0.1, 0.15) is 18.4 Å². The third kappa shape index (κ3) is 6.82. The van der Waals surface area contributed by atoms with E-state index in [1.165, 1.54) is 0 Å². The zero-order valence-electron chi connectivity index (χ0n) is 17.8. The summed E-state index contributed by atoms with van der Waals surface area (Å²) in [5, 5.41) is 21.9. The Kier molecular flexibility index (Phi) is 7.91. The smallest absolute Gasteiger partial charge is 0.416 e. The summed E-state index contributed by atoms with van der Waals surface area (Å²) in [5.74, 6) is -1.77. The predicted octanol–water partition coefficient (Wildman–Crippen LogP) is 4.13. The molecule has 0 aromatic heterocycles. The van der Waals surface area contributed by atoms with E-state index < -0.39 is 35.8 Å². The van der Waals surface area contributed by atoms with Crippen molar-refractivity contribution in [1.82, 2.24) is 5.32 Å². The largest absolute Gasteiger partial charge is 0.489 e. The molecule has 0 heterocycles. The number of rotatable bonds is 9. The molecule has 0 radical (unpaired) electrons. The summed E-state index contributed by atoms with van der Waals surface area (Å²) in [4.78, 5) is 24.0. The zero-order chi connectivity index (χ0) is 24.7. The first-order valence-electron chi connectivity index (χ1n) is 10.3. The van der Waals surface area contributed by atoms with Crippen LogP contribution in [-0.4, -0.2) is 28.1 Å². The van der Waals surface area contributed by atoms with Crippen molar-refractivity contribution < 1.29 is 37.7 Å². The lowest BCUT2D eigenvalue weighted by Crippen LogP contribution is -2.44. The highest BCUT2D eigenvalue weighted by Gasteiger charge is 2.31. The van der Waals surface area contributed by atoms with Gasteiger partial charge in [0.2, 0.25) is 0 Å². The number of aliphatic carboxylic acids is 1. The van der Waals surface area contributed by atoms with Crippen LogP contribution in [0.2, 0.25) is 0 Å². The molecule has 6 nitrogen and oxygen atoms in total. The molecular weight excluding hydrogens is 451 g/mol. The molecule has 3 aromatic rings. The Morgan fingerprint density at radius 2 is 1.50 bits per heavy atom. The lowest BCUT2D eigenvalue weighted by molar-refractivity contribution is -0.143. The maximum Gasteiger partial charge on any atom is 0.416 e. The summed E-state index contributed by atoms with van der Waals surface area (Å²) in [5.41, 5.74) is 0.577. The summed E-state index contributed by atoms with van der Waals surface area (Å²) in [7, 11) is 0. The summed E-state index contributed by atoms with van der Waals surface area (Å²) >= 11 is 0. The number of benzene rings is 3. The Hall–Kier alpha value is -3.85. The molecule has 0 fully saturated rings. The molecule has 0 unspecified atom stereocenters. The monoisotopic (exact) mass is 473 g/mol.